The molecule has 0 spiro atoms. The summed E-state index contributed by atoms with van der Waals surface area (Å²) < 4.78 is 7.17. The fourth-order valence-electron chi connectivity index (χ4n) is 2.52. The van der Waals surface area contributed by atoms with E-state index in [-0.39, 0.29) is 5.91 Å². The lowest BCUT2D eigenvalue weighted by Crippen LogP contribution is -2.49. The number of benzene rings is 1. The molecule has 158 valence electrons. The number of hydrogen-bond donors (Lipinski definition) is 2. The molecule has 29 heavy (non-hydrogen) atoms. The number of rotatable bonds is 8. The molecule has 0 saturated carbocycles. The van der Waals surface area contributed by atoms with Crippen molar-refractivity contribution in [1.29, 1.82) is 0 Å². The molecule has 0 aliphatic rings. The van der Waals surface area contributed by atoms with Crippen LogP contribution in [0.2, 0.25) is 0 Å². The van der Waals surface area contributed by atoms with Crippen molar-refractivity contribution in [2.24, 2.45) is 0 Å². The Labute approximate surface area is 175 Å². The van der Waals surface area contributed by atoms with Gasteiger partial charge in [0, 0.05) is 25.6 Å². The summed E-state index contributed by atoms with van der Waals surface area (Å²) >= 11 is 1.26. The predicted molar refractivity (Wildman–Crippen MR) is 113 cm³/mol. The summed E-state index contributed by atoms with van der Waals surface area (Å²) in [4.78, 5) is 24.3. The molecule has 9 heteroatoms. The number of carbonyl (C=O) groups is 2. The van der Waals surface area contributed by atoms with Crippen LogP contribution in [0, 0.1) is 0 Å². The molecule has 1 aromatic heterocycles. The lowest BCUT2D eigenvalue weighted by molar-refractivity contribution is -0.119. The molecule has 1 heterocycles. The number of methoxy groups -OCH3 is 1. The lowest BCUT2D eigenvalue weighted by Gasteiger charge is -2.21. The second-order valence-corrected chi connectivity index (χ2v) is 8.97. The number of ether oxygens (including phenoxy) is 1. The molecule has 0 aliphatic heterocycles. The summed E-state index contributed by atoms with van der Waals surface area (Å²) in [7, 11) is 1.64. The third kappa shape index (κ3) is 7.51. The highest BCUT2D eigenvalue weighted by Crippen LogP contribution is 2.23. The largest absolute Gasteiger partial charge is 0.383 e. The smallest absolute Gasteiger partial charge is 0.321 e. The highest BCUT2D eigenvalue weighted by Gasteiger charge is 2.23. The van der Waals surface area contributed by atoms with Crippen molar-refractivity contribution in [2.45, 2.75) is 56.6 Å². The Morgan fingerprint density at radius 1 is 1.21 bits per heavy atom. The first-order valence-electron chi connectivity index (χ1n) is 9.44. The van der Waals surface area contributed by atoms with Gasteiger partial charge in [0.2, 0.25) is 5.91 Å². The van der Waals surface area contributed by atoms with Crippen LogP contribution in [0.25, 0.3) is 0 Å². The lowest BCUT2D eigenvalue weighted by atomic mass is 10.1. The molecule has 2 aromatic rings. The van der Waals surface area contributed by atoms with E-state index in [2.05, 4.69) is 20.8 Å². The van der Waals surface area contributed by atoms with Crippen LogP contribution in [-0.2, 0) is 22.5 Å². The minimum atomic E-state index is -0.518. The Morgan fingerprint density at radius 2 is 1.90 bits per heavy atom. The highest BCUT2D eigenvalue weighted by molar-refractivity contribution is 8.00. The second-order valence-electron chi connectivity index (χ2n) is 7.66. The summed E-state index contributed by atoms with van der Waals surface area (Å²) in [5, 5.41) is 13.8. The van der Waals surface area contributed by atoms with Gasteiger partial charge in [0.05, 0.1) is 11.9 Å². The van der Waals surface area contributed by atoms with E-state index in [0.717, 1.165) is 11.4 Å². The van der Waals surface area contributed by atoms with Crippen LogP contribution in [0.15, 0.2) is 35.5 Å². The molecule has 0 radical (unpaired) electrons. The van der Waals surface area contributed by atoms with Crippen LogP contribution in [0.1, 0.15) is 39.1 Å². The molecule has 0 aliphatic carbocycles. The van der Waals surface area contributed by atoms with Crippen LogP contribution in [0.3, 0.4) is 0 Å². The van der Waals surface area contributed by atoms with E-state index in [1.807, 2.05) is 55.7 Å². The maximum absolute atomic E-state index is 12.4. The summed E-state index contributed by atoms with van der Waals surface area (Å²) in [6, 6.07) is 9.49. The number of aromatic nitrogens is 3. The molecule has 0 unspecified atom stereocenters. The minimum Gasteiger partial charge on any atom is -0.383 e. The summed E-state index contributed by atoms with van der Waals surface area (Å²) in [5.74, 6) is 0.413. The van der Waals surface area contributed by atoms with Gasteiger partial charge in [-0.2, -0.15) is 0 Å². The molecule has 2 rings (SSSR count). The number of nitrogens with zero attached hydrogens (tertiary/aromatic N) is 3. The van der Waals surface area contributed by atoms with Gasteiger partial charge < -0.3 is 14.6 Å². The summed E-state index contributed by atoms with van der Waals surface area (Å²) in [5.41, 5.74) is 0.702. The van der Waals surface area contributed by atoms with Gasteiger partial charge in [-0.3, -0.25) is 10.1 Å². The first-order valence-corrected chi connectivity index (χ1v) is 10.3. The molecule has 1 aromatic carbocycles. The van der Waals surface area contributed by atoms with Crippen molar-refractivity contribution in [3.05, 3.63) is 41.7 Å². The van der Waals surface area contributed by atoms with Gasteiger partial charge in [-0.25, -0.2) is 4.79 Å². The van der Waals surface area contributed by atoms with Gasteiger partial charge >= 0.3 is 6.03 Å². The van der Waals surface area contributed by atoms with E-state index in [0.29, 0.717) is 24.7 Å². The van der Waals surface area contributed by atoms with E-state index in [4.69, 9.17) is 4.74 Å². The second kappa shape index (κ2) is 10.4. The molecule has 0 fully saturated rings. The first kappa shape index (κ1) is 22.9. The van der Waals surface area contributed by atoms with E-state index in [1.165, 1.54) is 11.8 Å². The Hall–Kier alpha value is -2.39. The normalized spacial score (nSPS) is 12.4. The highest BCUT2D eigenvalue weighted by atomic mass is 32.2. The quantitative estimate of drug-likeness (QED) is 0.638. The van der Waals surface area contributed by atoms with E-state index >= 15 is 0 Å². The van der Waals surface area contributed by atoms with Gasteiger partial charge in [0.25, 0.3) is 0 Å². The van der Waals surface area contributed by atoms with Crippen LogP contribution < -0.4 is 10.6 Å². The Kier molecular flexibility index (Phi) is 8.21. The molecule has 1 atom stereocenters. The van der Waals surface area contributed by atoms with E-state index in [1.54, 1.807) is 14.0 Å². The van der Waals surface area contributed by atoms with E-state index < -0.39 is 16.8 Å². The number of amides is 3. The number of hydrogen-bond acceptors (Lipinski definition) is 6. The number of urea groups is 1. The standard InChI is InChI=1S/C20H29N5O3S/c1-14(17(26)21-18(27)22-20(2,3)4)29-19-24-23-16(25(19)11-12-28-5)13-15-9-7-6-8-10-15/h6-10,14H,11-13H2,1-5H3,(H2,21,22,26,27)/t14-/m0/s1. The molecule has 3 amide bonds. The molecular formula is C20H29N5O3S. The van der Waals surface area contributed by atoms with Crippen LogP contribution >= 0.6 is 11.8 Å². The van der Waals surface area contributed by atoms with Gasteiger partial charge in [-0.15, -0.1) is 10.2 Å². The molecular weight excluding hydrogens is 390 g/mol. The van der Waals surface area contributed by atoms with Crippen LogP contribution in [0.5, 0.6) is 0 Å². The number of nitrogens with one attached hydrogen (secondary N) is 2. The predicted octanol–water partition coefficient (Wildman–Crippen LogP) is 2.62. The number of imide groups is 1. The fourth-order valence-corrected chi connectivity index (χ4v) is 3.41. The maximum atomic E-state index is 12.4. The zero-order valence-electron chi connectivity index (χ0n) is 17.6. The van der Waals surface area contributed by atoms with Gasteiger partial charge in [0.1, 0.15) is 5.82 Å². The molecule has 2 N–H and O–H groups in total. The van der Waals surface area contributed by atoms with Gasteiger partial charge in [-0.1, -0.05) is 42.1 Å². The Balaban J connectivity index is 2.08. The van der Waals surface area contributed by atoms with Crippen molar-refractivity contribution in [3.63, 3.8) is 0 Å². The third-order valence-corrected chi connectivity index (χ3v) is 4.97. The fraction of sp³-hybridized carbons (Fsp3) is 0.500. The number of thioether (sulfide) groups is 1. The zero-order chi connectivity index (χ0) is 21.4. The number of carbonyl (C=O) groups excluding carboxylic acids is 2. The van der Waals surface area contributed by atoms with Crippen molar-refractivity contribution >= 4 is 23.7 Å². The third-order valence-electron chi connectivity index (χ3n) is 3.89. The molecule has 0 saturated heterocycles. The van der Waals surface area contributed by atoms with Crippen molar-refractivity contribution < 1.29 is 14.3 Å². The SMILES string of the molecule is COCCn1c(Cc2ccccc2)nnc1S[C@@H](C)C(=O)NC(=O)NC(C)(C)C. The topological polar surface area (TPSA) is 98.1 Å². The van der Waals surface area contributed by atoms with Crippen LogP contribution in [0.4, 0.5) is 4.79 Å². The van der Waals surface area contributed by atoms with Gasteiger partial charge in [-0.05, 0) is 33.3 Å². The first-order chi connectivity index (χ1) is 13.7. The van der Waals surface area contributed by atoms with E-state index in [9.17, 15) is 9.59 Å². The average molecular weight is 420 g/mol. The minimum absolute atomic E-state index is 0.386. The van der Waals surface area contributed by atoms with Crippen molar-refractivity contribution in [2.75, 3.05) is 13.7 Å². The summed E-state index contributed by atoms with van der Waals surface area (Å²) in [6.07, 6.45) is 0.632. The zero-order valence-corrected chi connectivity index (χ0v) is 18.4. The Morgan fingerprint density at radius 3 is 2.52 bits per heavy atom. The van der Waals surface area contributed by atoms with Crippen LogP contribution in [-0.4, -0.2) is 51.2 Å². The molecule has 0 bridgehead atoms. The maximum Gasteiger partial charge on any atom is 0.321 e. The Bertz CT molecular complexity index is 817. The average Bonchev–Trinajstić information content (AvgIpc) is 3.00. The monoisotopic (exact) mass is 419 g/mol. The van der Waals surface area contributed by atoms with Gasteiger partial charge in [0.15, 0.2) is 5.16 Å². The van der Waals surface area contributed by atoms with Crippen molar-refractivity contribution in [3.8, 4) is 0 Å². The van der Waals surface area contributed by atoms with Crippen molar-refractivity contribution in [1.82, 2.24) is 25.4 Å². The molecule has 8 nitrogen and oxygen atoms in total. The summed E-state index contributed by atoms with van der Waals surface area (Å²) in [6.45, 7) is 8.36.